The average Bonchev–Trinajstić information content (AvgIpc) is 2.83. The van der Waals surface area contributed by atoms with E-state index in [4.69, 9.17) is 9.47 Å². The number of ether oxygens (including phenoxy) is 2. The van der Waals surface area contributed by atoms with Gasteiger partial charge in [-0.1, -0.05) is 73.7 Å². The number of methoxy groups -OCH3 is 1. The molecular formula is C27H28O4. The molecular weight excluding hydrogens is 388 g/mol. The van der Waals surface area contributed by atoms with Crippen LogP contribution in [0.2, 0.25) is 0 Å². The van der Waals surface area contributed by atoms with E-state index in [1.807, 2.05) is 66.7 Å². The van der Waals surface area contributed by atoms with Crippen molar-refractivity contribution in [2.45, 2.75) is 38.7 Å². The highest BCUT2D eigenvalue weighted by atomic mass is 16.5. The first-order valence-corrected chi connectivity index (χ1v) is 10.6. The van der Waals surface area contributed by atoms with Crippen molar-refractivity contribution in [2.24, 2.45) is 0 Å². The molecule has 3 rings (SSSR count). The van der Waals surface area contributed by atoms with Crippen molar-refractivity contribution in [3.8, 4) is 5.75 Å². The maximum atomic E-state index is 13.5. The molecule has 0 aliphatic carbocycles. The Hall–Kier alpha value is -3.40. The SMILES string of the molecule is CCc1ccccc1C(CCC(=O)OC)C(=O)c1cccc(OCc2ccccc2)c1. The van der Waals surface area contributed by atoms with E-state index >= 15 is 0 Å². The molecule has 31 heavy (non-hydrogen) atoms. The van der Waals surface area contributed by atoms with E-state index in [0.717, 1.165) is 23.1 Å². The van der Waals surface area contributed by atoms with Crippen molar-refractivity contribution in [1.29, 1.82) is 0 Å². The van der Waals surface area contributed by atoms with Crippen molar-refractivity contribution in [3.05, 3.63) is 101 Å². The highest BCUT2D eigenvalue weighted by molar-refractivity contribution is 6.01. The molecule has 0 aliphatic rings. The molecule has 0 N–H and O–H groups in total. The number of esters is 1. The summed E-state index contributed by atoms with van der Waals surface area (Å²) in [5.74, 6) is -0.105. The minimum Gasteiger partial charge on any atom is -0.489 e. The minimum absolute atomic E-state index is 0.0186. The quantitative estimate of drug-likeness (QED) is 0.312. The van der Waals surface area contributed by atoms with E-state index in [0.29, 0.717) is 24.3 Å². The fourth-order valence-corrected chi connectivity index (χ4v) is 3.67. The molecule has 0 saturated carbocycles. The summed E-state index contributed by atoms with van der Waals surface area (Å²) < 4.78 is 10.7. The molecule has 3 aromatic rings. The number of rotatable bonds is 10. The van der Waals surface area contributed by atoms with Crippen molar-refractivity contribution in [2.75, 3.05) is 7.11 Å². The second kappa shape index (κ2) is 11.1. The molecule has 160 valence electrons. The van der Waals surface area contributed by atoms with Gasteiger partial charge in [0.1, 0.15) is 12.4 Å². The van der Waals surface area contributed by atoms with Gasteiger partial charge in [0.05, 0.1) is 7.11 Å². The van der Waals surface area contributed by atoms with Crippen molar-refractivity contribution >= 4 is 11.8 Å². The lowest BCUT2D eigenvalue weighted by molar-refractivity contribution is -0.140. The highest BCUT2D eigenvalue weighted by Crippen LogP contribution is 2.30. The van der Waals surface area contributed by atoms with Gasteiger partial charge in [-0.3, -0.25) is 9.59 Å². The van der Waals surface area contributed by atoms with Crippen LogP contribution in [0.1, 0.15) is 52.7 Å². The van der Waals surface area contributed by atoms with E-state index in [-0.39, 0.29) is 18.2 Å². The molecule has 1 atom stereocenters. The van der Waals surface area contributed by atoms with E-state index in [1.54, 1.807) is 12.1 Å². The highest BCUT2D eigenvalue weighted by Gasteiger charge is 2.25. The maximum absolute atomic E-state index is 13.5. The first kappa shape index (κ1) is 22.3. The normalized spacial score (nSPS) is 11.5. The van der Waals surface area contributed by atoms with Crippen LogP contribution in [0.4, 0.5) is 0 Å². The van der Waals surface area contributed by atoms with Gasteiger partial charge in [0.2, 0.25) is 0 Å². The molecule has 0 radical (unpaired) electrons. The van der Waals surface area contributed by atoms with Gasteiger partial charge in [-0.15, -0.1) is 0 Å². The summed E-state index contributed by atoms with van der Waals surface area (Å²) in [7, 11) is 1.37. The summed E-state index contributed by atoms with van der Waals surface area (Å²) in [5.41, 5.74) is 3.72. The van der Waals surface area contributed by atoms with Crippen molar-refractivity contribution in [1.82, 2.24) is 0 Å². The third-order valence-corrected chi connectivity index (χ3v) is 5.36. The van der Waals surface area contributed by atoms with Crippen LogP contribution < -0.4 is 4.74 Å². The summed E-state index contributed by atoms with van der Waals surface area (Å²) in [6.07, 6.45) is 1.41. The summed E-state index contributed by atoms with van der Waals surface area (Å²) in [6.45, 7) is 2.50. The van der Waals surface area contributed by atoms with Crippen molar-refractivity contribution in [3.63, 3.8) is 0 Å². The van der Waals surface area contributed by atoms with E-state index < -0.39 is 5.92 Å². The Bertz CT molecular complexity index is 1010. The Kier molecular flexibility index (Phi) is 7.99. The lowest BCUT2D eigenvalue weighted by Gasteiger charge is -2.19. The van der Waals surface area contributed by atoms with Crippen LogP contribution in [-0.4, -0.2) is 18.9 Å². The molecule has 0 saturated heterocycles. The fraction of sp³-hybridized carbons (Fsp3) is 0.259. The zero-order chi connectivity index (χ0) is 22.1. The maximum Gasteiger partial charge on any atom is 0.305 e. The molecule has 0 fully saturated rings. The van der Waals surface area contributed by atoms with Gasteiger partial charge >= 0.3 is 5.97 Å². The number of aryl methyl sites for hydroxylation is 1. The van der Waals surface area contributed by atoms with Gasteiger partial charge in [-0.25, -0.2) is 0 Å². The monoisotopic (exact) mass is 416 g/mol. The third kappa shape index (κ3) is 6.05. The minimum atomic E-state index is -0.417. The molecule has 0 aliphatic heterocycles. The molecule has 4 heteroatoms. The van der Waals surface area contributed by atoms with Crippen LogP contribution in [0.3, 0.4) is 0 Å². The summed E-state index contributed by atoms with van der Waals surface area (Å²) in [4.78, 5) is 25.3. The van der Waals surface area contributed by atoms with Crippen LogP contribution in [0.25, 0.3) is 0 Å². The molecule has 0 aromatic heterocycles. The molecule has 0 amide bonds. The molecule has 0 heterocycles. The second-order valence-electron chi connectivity index (χ2n) is 7.39. The molecule has 0 bridgehead atoms. The van der Waals surface area contributed by atoms with Gasteiger partial charge in [0.15, 0.2) is 5.78 Å². The zero-order valence-electron chi connectivity index (χ0n) is 18.0. The number of hydrogen-bond donors (Lipinski definition) is 0. The van der Waals surface area contributed by atoms with Gasteiger partial charge < -0.3 is 9.47 Å². The topological polar surface area (TPSA) is 52.6 Å². The van der Waals surface area contributed by atoms with Gasteiger partial charge in [0.25, 0.3) is 0 Å². The van der Waals surface area contributed by atoms with E-state index in [1.165, 1.54) is 7.11 Å². The van der Waals surface area contributed by atoms with Crippen molar-refractivity contribution < 1.29 is 19.1 Å². The number of carbonyl (C=O) groups is 2. The fourth-order valence-electron chi connectivity index (χ4n) is 3.67. The Morgan fingerprint density at radius 3 is 2.39 bits per heavy atom. The molecule has 0 spiro atoms. The lowest BCUT2D eigenvalue weighted by atomic mass is 9.84. The van der Waals surface area contributed by atoms with E-state index in [2.05, 4.69) is 6.92 Å². The standard InChI is InChI=1S/C27H28O4/c1-3-21-12-7-8-15-24(21)25(16-17-26(28)30-2)27(29)22-13-9-14-23(18-22)31-19-20-10-5-4-6-11-20/h4-15,18,25H,3,16-17,19H2,1-2H3. The van der Waals surface area contributed by atoms with Crippen LogP contribution >= 0.6 is 0 Å². The van der Waals surface area contributed by atoms with Crippen LogP contribution in [-0.2, 0) is 22.6 Å². The predicted octanol–water partition coefficient (Wildman–Crippen LogP) is 5.75. The second-order valence-corrected chi connectivity index (χ2v) is 7.39. The number of ketones is 1. The lowest BCUT2D eigenvalue weighted by Crippen LogP contribution is -2.17. The van der Waals surface area contributed by atoms with Crippen LogP contribution in [0, 0.1) is 0 Å². The van der Waals surface area contributed by atoms with Crippen LogP contribution in [0.5, 0.6) is 5.75 Å². The summed E-state index contributed by atoms with van der Waals surface area (Å²) in [5, 5.41) is 0. The third-order valence-electron chi connectivity index (χ3n) is 5.36. The Morgan fingerprint density at radius 2 is 1.65 bits per heavy atom. The zero-order valence-corrected chi connectivity index (χ0v) is 18.0. The summed E-state index contributed by atoms with van der Waals surface area (Å²) >= 11 is 0. The van der Waals surface area contributed by atoms with Gasteiger partial charge in [-0.05, 0) is 41.7 Å². The Labute approximate surface area is 183 Å². The Morgan fingerprint density at radius 1 is 0.903 bits per heavy atom. The molecule has 3 aromatic carbocycles. The van der Waals surface area contributed by atoms with E-state index in [9.17, 15) is 9.59 Å². The largest absolute Gasteiger partial charge is 0.489 e. The smallest absolute Gasteiger partial charge is 0.305 e. The predicted molar refractivity (Wildman–Crippen MR) is 121 cm³/mol. The molecule has 4 nitrogen and oxygen atoms in total. The average molecular weight is 417 g/mol. The van der Waals surface area contributed by atoms with Gasteiger partial charge in [0, 0.05) is 17.9 Å². The summed E-state index contributed by atoms with van der Waals surface area (Å²) in [6, 6.07) is 25.1. The van der Waals surface area contributed by atoms with Crippen LogP contribution in [0.15, 0.2) is 78.9 Å². The Balaban J connectivity index is 1.83. The first-order valence-electron chi connectivity index (χ1n) is 10.6. The molecule has 1 unspecified atom stereocenters. The van der Waals surface area contributed by atoms with Gasteiger partial charge in [-0.2, -0.15) is 0 Å². The number of carbonyl (C=O) groups excluding carboxylic acids is 2. The number of Topliss-reactive ketones (excluding diaryl/α,β-unsaturated/α-hetero) is 1. The first-order chi connectivity index (χ1) is 15.1. The number of hydrogen-bond acceptors (Lipinski definition) is 4. The number of benzene rings is 3.